The van der Waals surface area contributed by atoms with Crippen LogP contribution in [0.2, 0.25) is 5.02 Å². The smallest absolute Gasteiger partial charge is 0.205 e. The summed E-state index contributed by atoms with van der Waals surface area (Å²) >= 11 is 10.4. The summed E-state index contributed by atoms with van der Waals surface area (Å²) in [5.41, 5.74) is 0.0162. The summed E-state index contributed by atoms with van der Waals surface area (Å²) in [6, 6.07) is 3.42. The predicted molar refractivity (Wildman–Crippen MR) is 59.5 cm³/mol. The van der Waals surface area contributed by atoms with Gasteiger partial charge in [0.2, 0.25) is 0 Å². The molecule has 0 aliphatic rings. The second kappa shape index (κ2) is 3.76. The molecule has 0 nitrogen and oxygen atoms in total. The van der Waals surface area contributed by atoms with Crippen LogP contribution in [0.1, 0.15) is 12.0 Å². The summed E-state index contributed by atoms with van der Waals surface area (Å²) in [5.74, 6) is 0. The molecule has 0 saturated carbocycles. The number of hydrogen-bond acceptors (Lipinski definition) is 1. The molecule has 0 fully saturated rings. The minimum atomic E-state index is -2.47. The largest absolute Gasteiger partial charge is 0.265 e. The fourth-order valence-corrected chi connectivity index (χ4v) is 3.41. The van der Waals surface area contributed by atoms with Crippen molar-refractivity contribution < 1.29 is 8.78 Å². The van der Waals surface area contributed by atoms with Gasteiger partial charge in [-0.2, -0.15) is 0 Å². The van der Waals surface area contributed by atoms with Gasteiger partial charge in [-0.1, -0.05) is 27.5 Å². The molecule has 2 aromatic rings. The first-order valence-electron chi connectivity index (χ1n) is 3.74. The van der Waals surface area contributed by atoms with E-state index in [1.165, 1.54) is 16.7 Å². The SMILES string of the molecule is FC(F)c1csc2cc(Br)cc(Cl)c12. The minimum Gasteiger partial charge on any atom is -0.205 e. The quantitative estimate of drug-likeness (QED) is 0.674. The molecular weight excluding hydrogens is 294 g/mol. The first-order chi connectivity index (χ1) is 6.59. The summed E-state index contributed by atoms with van der Waals surface area (Å²) in [6.07, 6.45) is -2.47. The molecule has 0 radical (unpaired) electrons. The Hall–Kier alpha value is -0.190. The molecule has 1 aromatic carbocycles. The molecule has 0 aliphatic carbocycles. The Morgan fingerprint density at radius 3 is 2.71 bits per heavy atom. The van der Waals surface area contributed by atoms with Crippen LogP contribution >= 0.6 is 38.9 Å². The molecule has 0 atom stereocenters. The highest BCUT2D eigenvalue weighted by Gasteiger charge is 2.16. The zero-order valence-electron chi connectivity index (χ0n) is 6.73. The predicted octanol–water partition coefficient (Wildman–Crippen LogP) is 5.25. The monoisotopic (exact) mass is 296 g/mol. The minimum absolute atomic E-state index is 0.0162. The maximum absolute atomic E-state index is 12.5. The second-order valence-corrected chi connectivity index (χ2v) is 4.99. The maximum atomic E-state index is 12.5. The van der Waals surface area contributed by atoms with E-state index in [1.807, 2.05) is 0 Å². The second-order valence-electron chi connectivity index (χ2n) is 2.75. The van der Waals surface area contributed by atoms with E-state index in [0.29, 0.717) is 10.4 Å². The molecule has 74 valence electrons. The van der Waals surface area contributed by atoms with Gasteiger partial charge in [-0.25, -0.2) is 8.78 Å². The van der Waals surface area contributed by atoms with Gasteiger partial charge in [0.15, 0.2) is 0 Å². The molecule has 1 aromatic heterocycles. The molecular formula is C9H4BrClF2S. The number of hydrogen-bond donors (Lipinski definition) is 0. The van der Waals surface area contributed by atoms with Gasteiger partial charge >= 0.3 is 0 Å². The number of alkyl halides is 2. The standard InChI is InChI=1S/C9H4BrClF2S/c10-4-1-6(11)8-5(9(12)13)3-14-7(8)2-4/h1-3,9H. The lowest BCUT2D eigenvalue weighted by Crippen LogP contribution is -1.81. The molecule has 0 N–H and O–H groups in total. The zero-order chi connectivity index (χ0) is 10.3. The van der Waals surface area contributed by atoms with Crippen molar-refractivity contribution in [3.05, 3.63) is 32.6 Å². The van der Waals surface area contributed by atoms with Crippen molar-refractivity contribution in [3.63, 3.8) is 0 Å². The first kappa shape index (κ1) is 10.3. The van der Waals surface area contributed by atoms with E-state index in [4.69, 9.17) is 11.6 Å². The fourth-order valence-electron chi connectivity index (χ4n) is 1.27. The summed E-state index contributed by atoms with van der Waals surface area (Å²) in [5, 5.41) is 2.29. The van der Waals surface area contributed by atoms with E-state index in [0.717, 1.165) is 9.17 Å². The summed E-state index contributed by atoms with van der Waals surface area (Å²) in [4.78, 5) is 0. The van der Waals surface area contributed by atoms with Crippen LogP contribution in [0, 0.1) is 0 Å². The summed E-state index contributed by atoms with van der Waals surface area (Å²) in [6.45, 7) is 0. The number of rotatable bonds is 1. The van der Waals surface area contributed by atoms with Crippen LogP contribution in [0.3, 0.4) is 0 Å². The van der Waals surface area contributed by atoms with Crippen molar-refractivity contribution in [1.82, 2.24) is 0 Å². The molecule has 0 saturated heterocycles. The van der Waals surface area contributed by atoms with Crippen LogP contribution in [0.25, 0.3) is 10.1 Å². The van der Waals surface area contributed by atoms with E-state index in [9.17, 15) is 8.78 Å². The van der Waals surface area contributed by atoms with Crippen molar-refractivity contribution in [3.8, 4) is 0 Å². The number of halogens is 4. The highest BCUT2D eigenvalue weighted by molar-refractivity contribution is 9.10. The van der Waals surface area contributed by atoms with E-state index < -0.39 is 6.43 Å². The lowest BCUT2D eigenvalue weighted by atomic mass is 10.2. The number of benzene rings is 1. The fraction of sp³-hybridized carbons (Fsp3) is 0.111. The summed E-state index contributed by atoms with van der Waals surface area (Å²) in [7, 11) is 0. The Balaban J connectivity index is 2.79. The van der Waals surface area contributed by atoms with Crippen molar-refractivity contribution >= 4 is 49.0 Å². The first-order valence-corrected chi connectivity index (χ1v) is 5.79. The Morgan fingerprint density at radius 1 is 1.36 bits per heavy atom. The summed E-state index contributed by atoms with van der Waals surface area (Å²) < 4.78 is 26.7. The topological polar surface area (TPSA) is 0 Å². The molecule has 0 bridgehead atoms. The van der Waals surface area contributed by atoms with Gasteiger partial charge in [0.05, 0.1) is 5.02 Å². The molecule has 14 heavy (non-hydrogen) atoms. The van der Waals surface area contributed by atoms with Gasteiger partial charge < -0.3 is 0 Å². The maximum Gasteiger partial charge on any atom is 0.265 e. The van der Waals surface area contributed by atoms with Gasteiger partial charge in [0.25, 0.3) is 6.43 Å². The lowest BCUT2D eigenvalue weighted by molar-refractivity contribution is 0.153. The normalized spacial score (nSPS) is 11.5. The van der Waals surface area contributed by atoms with Crippen LogP contribution in [0.5, 0.6) is 0 Å². The van der Waals surface area contributed by atoms with Crippen LogP contribution in [-0.2, 0) is 0 Å². The van der Waals surface area contributed by atoms with Gasteiger partial charge in [-0.15, -0.1) is 11.3 Å². The third-order valence-electron chi connectivity index (χ3n) is 1.86. The van der Waals surface area contributed by atoms with Crippen molar-refractivity contribution in [2.75, 3.05) is 0 Å². The molecule has 0 aliphatic heterocycles. The van der Waals surface area contributed by atoms with E-state index in [2.05, 4.69) is 15.9 Å². The number of thiophene rings is 1. The molecule has 0 amide bonds. The molecule has 0 spiro atoms. The Kier molecular flexibility index (Phi) is 2.77. The average molecular weight is 298 g/mol. The van der Waals surface area contributed by atoms with Crippen molar-refractivity contribution in [2.45, 2.75) is 6.43 Å². The zero-order valence-corrected chi connectivity index (χ0v) is 9.89. The highest BCUT2D eigenvalue weighted by atomic mass is 79.9. The van der Waals surface area contributed by atoms with Crippen LogP contribution in [-0.4, -0.2) is 0 Å². The van der Waals surface area contributed by atoms with E-state index in [-0.39, 0.29) is 5.56 Å². The lowest BCUT2D eigenvalue weighted by Gasteiger charge is -2.00. The van der Waals surface area contributed by atoms with Crippen molar-refractivity contribution in [2.24, 2.45) is 0 Å². The number of fused-ring (bicyclic) bond motifs is 1. The van der Waals surface area contributed by atoms with Gasteiger partial charge in [-0.3, -0.25) is 0 Å². The molecule has 1 heterocycles. The van der Waals surface area contributed by atoms with E-state index >= 15 is 0 Å². The Bertz CT molecular complexity index is 481. The Labute approximate surface area is 96.6 Å². The van der Waals surface area contributed by atoms with Crippen LogP contribution < -0.4 is 0 Å². The third-order valence-corrected chi connectivity index (χ3v) is 3.56. The van der Waals surface area contributed by atoms with Gasteiger partial charge in [-0.05, 0) is 12.1 Å². The molecule has 0 unspecified atom stereocenters. The highest BCUT2D eigenvalue weighted by Crippen LogP contribution is 2.38. The van der Waals surface area contributed by atoms with Crippen LogP contribution in [0.4, 0.5) is 8.78 Å². The average Bonchev–Trinajstić information content (AvgIpc) is 2.47. The van der Waals surface area contributed by atoms with Gasteiger partial charge in [0.1, 0.15) is 0 Å². The van der Waals surface area contributed by atoms with Crippen molar-refractivity contribution in [1.29, 1.82) is 0 Å². The van der Waals surface area contributed by atoms with Gasteiger partial charge in [0, 0.05) is 25.5 Å². The molecule has 2 rings (SSSR count). The molecule has 5 heteroatoms. The Morgan fingerprint density at radius 2 is 2.07 bits per heavy atom. The van der Waals surface area contributed by atoms with Crippen LogP contribution in [0.15, 0.2) is 22.0 Å². The third kappa shape index (κ3) is 1.66. The van der Waals surface area contributed by atoms with E-state index in [1.54, 1.807) is 12.1 Å².